The van der Waals surface area contributed by atoms with Crippen LogP contribution in [-0.2, 0) is 0 Å². The molecule has 1 aliphatic rings. The number of allylic oxidation sites excluding steroid dienone is 1. The molecule has 3 aromatic carbocycles. The molecular formula is C25H20ClNS. The van der Waals surface area contributed by atoms with Crippen molar-refractivity contribution >= 4 is 44.3 Å². The molecule has 4 aromatic rings. The van der Waals surface area contributed by atoms with E-state index in [-0.39, 0.29) is 0 Å². The second kappa shape index (κ2) is 7.54. The van der Waals surface area contributed by atoms with E-state index in [9.17, 15) is 0 Å². The molecular weight excluding hydrogens is 382 g/mol. The standard InChI is InChI=1S/C25H20ClNS/c26-21-12-5-4-11-20(21)25(18-9-6-10-18)24(17-7-2-1-3-8-17)19-13-14-23-22(15-19)27-16-28-23/h1-5,7-8,11-16,18H,6,9-10H2/b25-24+. The van der Waals surface area contributed by atoms with E-state index in [1.54, 1.807) is 11.3 Å². The van der Waals surface area contributed by atoms with E-state index in [1.807, 2.05) is 17.6 Å². The maximum atomic E-state index is 6.70. The average Bonchev–Trinajstić information content (AvgIpc) is 3.15. The van der Waals surface area contributed by atoms with Gasteiger partial charge in [-0.2, -0.15) is 0 Å². The Morgan fingerprint density at radius 2 is 1.68 bits per heavy atom. The molecule has 1 fully saturated rings. The molecule has 0 N–H and O–H groups in total. The minimum atomic E-state index is 0.543. The van der Waals surface area contributed by atoms with E-state index in [2.05, 4.69) is 65.6 Å². The van der Waals surface area contributed by atoms with Crippen LogP contribution in [0.15, 0.2) is 78.3 Å². The van der Waals surface area contributed by atoms with Crippen LogP contribution in [0.1, 0.15) is 36.0 Å². The lowest BCUT2D eigenvalue weighted by molar-refractivity contribution is 0.401. The molecule has 1 heterocycles. The summed E-state index contributed by atoms with van der Waals surface area (Å²) >= 11 is 8.38. The van der Waals surface area contributed by atoms with Crippen molar-refractivity contribution in [3.63, 3.8) is 0 Å². The Morgan fingerprint density at radius 1 is 0.893 bits per heavy atom. The van der Waals surface area contributed by atoms with Crippen molar-refractivity contribution in [2.24, 2.45) is 5.92 Å². The zero-order valence-corrected chi connectivity index (χ0v) is 17.0. The van der Waals surface area contributed by atoms with E-state index in [0.29, 0.717) is 5.92 Å². The highest BCUT2D eigenvalue weighted by Gasteiger charge is 2.28. The Labute approximate surface area is 174 Å². The lowest BCUT2D eigenvalue weighted by Gasteiger charge is -2.32. The summed E-state index contributed by atoms with van der Waals surface area (Å²) in [6.45, 7) is 0. The van der Waals surface area contributed by atoms with E-state index in [4.69, 9.17) is 11.6 Å². The molecule has 5 rings (SSSR count). The fourth-order valence-electron chi connectivity index (χ4n) is 4.03. The summed E-state index contributed by atoms with van der Waals surface area (Å²) in [5.74, 6) is 0.543. The van der Waals surface area contributed by atoms with Gasteiger partial charge in [-0.1, -0.05) is 72.6 Å². The van der Waals surface area contributed by atoms with Crippen molar-refractivity contribution in [2.45, 2.75) is 19.3 Å². The van der Waals surface area contributed by atoms with Gasteiger partial charge in [-0.25, -0.2) is 4.98 Å². The summed E-state index contributed by atoms with van der Waals surface area (Å²) in [5.41, 5.74) is 9.24. The lowest BCUT2D eigenvalue weighted by atomic mass is 9.73. The molecule has 28 heavy (non-hydrogen) atoms. The van der Waals surface area contributed by atoms with Gasteiger partial charge in [-0.05, 0) is 64.8 Å². The van der Waals surface area contributed by atoms with Crippen LogP contribution in [0.2, 0.25) is 5.02 Å². The molecule has 0 radical (unpaired) electrons. The summed E-state index contributed by atoms with van der Waals surface area (Å²) in [6, 6.07) is 25.6. The molecule has 0 amide bonds. The Morgan fingerprint density at radius 3 is 2.43 bits per heavy atom. The van der Waals surface area contributed by atoms with Crippen LogP contribution < -0.4 is 0 Å². The molecule has 1 aromatic heterocycles. The van der Waals surface area contributed by atoms with Gasteiger partial charge in [-0.3, -0.25) is 0 Å². The SMILES string of the molecule is Clc1ccccc1/C(=C(\c1ccccc1)c1ccc2scnc2c1)C1CCC1. The molecule has 0 atom stereocenters. The topological polar surface area (TPSA) is 12.9 Å². The van der Waals surface area contributed by atoms with E-state index >= 15 is 0 Å². The highest BCUT2D eigenvalue weighted by atomic mass is 35.5. The van der Waals surface area contributed by atoms with Crippen molar-refractivity contribution in [2.75, 3.05) is 0 Å². The highest BCUT2D eigenvalue weighted by molar-refractivity contribution is 7.16. The molecule has 0 saturated heterocycles. The van der Waals surface area contributed by atoms with Gasteiger partial charge in [0.1, 0.15) is 0 Å². The average molecular weight is 402 g/mol. The van der Waals surface area contributed by atoms with Gasteiger partial charge in [0.25, 0.3) is 0 Å². The first kappa shape index (κ1) is 17.7. The second-order valence-electron chi connectivity index (χ2n) is 7.30. The molecule has 1 aliphatic carbocycles. The lowest BCUT2D eigenvalue weighted by Crippen LogP contribution is -2.15. The van der Waals surface area contributed by atoms with Crippen LogP contribution in [-0.4, -0.2) is 4.98 Å². The Balaban J connectivity index is 1.83. The van der Waals surface area contributed by atoms with Gasteiger partial charge in [0.15, 0.2) is 0 Å². The first-order valence-electron chi connectivity index (χ1n) is 9.69. The minimum absolute atomic E-state index is 0.543. The molecule has 0 bridgehead atoms. The third-order valence-electron chi connectivity index (χ3n) is 5.63. The molecule has 0 aliphatic heterocycles. The van der Waals surface area contributed by atoms with Crippen molar-refractivity contribution in [3.8, 4) is 0 Å². The molecule has 1 nitrogen and oxygen atoms in total. The normalized spacial score (nSPS) is 15.3. The number of halogens is 1. The maximum absolute atomic E-state index is 6.70. The van der Waals surface area contributed by atoms with E-state index in [0.717, 1.165) is 16.1 Å². The largest absolute Gasteiger partial charge is 0.245 e. The number of hydrogen-bond acceptors (Lipinski definition) is 2. The highest BCUT2D eigenvalue weighted by Crippen LogP contribution is 2.46. The zero-order chi connectivity index (χ0) is 18.9. The fourth-order valence-corrected chi connectivity index (χ4v) is 4.93. The molecule has 3 heteroatoms. The smallest absolute Gasteiger partial charge is 0.0818 e. The first-order chi connectivity index (χ1) is 13.8. The van der Waals surface area contributed by atoms with Crippen LogP contribution in [0.5, 0.6) is 0 Å². The number of benzene rings is 3. The predicted octanol–water partition coefficient (Wildman–Crippen LogP) is 7.71. The molecule has 138 valence electrons. The van der Waals surface area contributed by atoms with Gasteiger partial charge < -0.3 is 0 Å². The van der Waals surface area contributed by atoms with Crippen LogP contribution in [0, 0.1) is 5.92 Å². The van der Waals surface area contributed by atoms with Crippen molar-refractivity contribution < 1.29 is 0 Å². The van der Waals surface area contributed by atoms with Crippen LogP contribution in [0.4, 0.5) is 0 Å². The summed E-state index contributed by atoms with van der Waals surface area (Å²) < 4.78 is 1.22. The van der Waals surface area contributed by atoms with Crippen LogP contribution in [0.3, 0.4) is 0 Å². The zero-order valence-electron chi connectivity index (χ0n) is 15.4. The Bertz CT molecular complexity index is 1160. The van der Waals surface area contributed by atoms with Gasteiger partial charge in [-0.15, -0.1) is 11.3 Å². The van der Waals surface area contributed by atoms with Gasteiger partial charge in [0, 0.05) is 5.02 Å². The van der Waals surface area contributed by atoms with Gasteiger partial charge >= 0.3 is 0 Å². The second-order valence-corrected chi connectivity index (χ2v) is 8.59. The predicted molar refractivity (Wildman–Crippen MR) is 121 cm³/mol. The first-order valence-corrected chi connectivity index (χ1v) is 10.9. The van der Waals surface area contributed by atoms with Crippen molar-refractivity contribution in [1.29, 1.82) is 0 Å². The molecule has 0 spiro atoms. The number of nitrogens with zero attached hydrogens (tertiary/aromatic N) is 1. The summed E-state index contributed by atoms with van der Waals surface area (Å²) in [4.78, 5) is 4.55. The summed E-state index contributed by atoms with van der Waals surface area (Å²) in [7, 11) is 0. The number of hydrogen-bond donors (Lipinski definition) is 0. The number of fused-ring (bicyclic) bond motifs is 1. The quantitative estimate of drug-likeness (QED) is 0.319. The van der Waals surface area contributed by atoms with E-state index in [1.165, 1.54) is 46.2 Å². The van der Waals surface area contributed by atoms with Crippen LogP contribution >= 0.6 is 22.9 Å². The van der Waals surface area contributed by atoms with Crippen molar-refractivity contribution in [3.05, 3.63) is 100 Å². The van der Waals surface area contributed by atoms with Gasteiger partial charge in [0.2, 0.25) is 0 Å². The minimum Gasteiger partial charge on any atom is -0.245 e. The third-order valence-corrected chi connectivity index (χ3v) is 6.77. The Hall–Kier alpha value is -2.42. The number of thiazole rings is 1. The van der Waals surface area contributed by atoms with E-state index < -0.39 is 0 Å². The van der Waals surface area contributed by atoms with Crippen molar-refractivity contribution in [1.82, 2.24) is 4.98 Å². The maximum Gasteiger partial charge on any atom is 0.0818 e. The monoisotopic (exact) mass is 401 g/mol. The number of rotatable bonds is 4. The summed E-state index contributed by atoms with van der Waals surface area (Å²) in [6.07, 6.45) is 3.72. The summed E-state index contributed by atoms with van der Waals surface area (Å²) in [5, 5.41) is 0.826. The van der Waals surface area contributed by atoms with Crippen LogP contribution in [0.25, 0.3) is 21.4 Å². The molecule has 1 saturated carbocycles. The molecule has 0 unspecified atom stereocenters. The Kier molecular flexibility index (Phi) is 4.76. The third kappa shape index (κ3) is 3.17. The van der Waals surface area contributed by atoms with Gasteiger partial charge in [0.05, 0.1) is 15.7 Å². The fraction of sp³-hybridized carbons (Fsp3) is 0.160. The number of aromatic nitrogens is 1.